The molecule has 6 heteroatoms. The van der Waals surface area contributed by atoms with E-state index < -0.39 is 11.6 Å². The zero-order chi connectivity index (χ0) is 15.0. The lowest BCUT2D eigenvalue weighted by Gasteiger charge is -2.27. The molecule has 0 aromatic rings. The maximum absolute atomic E-state index is 12.1. The molecule has 2 aliphatic rings. The van der Waals surface area contributed by atoms with Crippen LogP contribution in [-0.2, 0) is 9.53 Å². The van der Waals surface area contributed by atoms with Gasteiger partial charge in [-0.25, -0.2) is 4.79 Å². The molecule has 2 fully saturated rings. The number of likely N-dealkylation sites (tertiary alicyclic amines) is 2. The van der Waals surface area contributed by atoms with E-state index >= 15 is 0 Å². The van der Waals surface area contributed by atoms with E-state index in [4.69, 9.17) is 9.84 Å². The highest BCUT2D eigenvalue weighted by Gasteiger charge is 2.45. The third-order valence-electron chi connectivity index (χ3n) is 3.97. The van der Waals surface area contributed by atoms with Gasteiger partial charge in [0.05, 0.1) is 6.54 Å². The molecule has 20 heavy (non-hydrogen) atoms. The molecule has 1 N–H and O–H groups in total. The van der Waals surface area contributed by atoms with Crippen LogP contribution in [0.1, 0.15) is 33.6 Å². The van der Waals surface area contributed by atoms with E-state index in [1.165, 1.54) is 0 Å². The number of carbonyl (C=O) groups is 2. The Balaban J connectivity index is 1.89. The predicted molar refractivity (Wildman–Crippen MR) is 73.5 cm³/mol. The monoisotopic (exact) mass is 284 g/mol. The lowest BCUT2D eigenvalue weighted by Crippen LogP contribution is -2.38. The van der Waals surface area contributed by atoms with Crippen LogP contribution in [0.15, 0.2) is 0 Å². The summed E-state index contributed by atoms with van der Waals surface area (Å²) >= 11 is 0. The topological polar surface area (TPSA) is 70.1 Å². The molecule has 114 valence electrons. The molecular formula is C14H24N2O4. The second-order valence-electron chi connectivity index (χ2n) is 7.01. The highest BCUT2D eigenvalue weighted by Crippen LogP contribution is 2.39. The Bertz CT molecular complexity index is 404. The van der Waals surface area contributed by atoms with Gasteiger partial charge in [-0.05, 0) is 40.2 Å². The van der Waals surface area contributed by atoms with Crippen LogP contribution in [-0.4, -0.2) is 65.3 Å². The van der Waals surface area contributed by atoms with Crippen molar-refractivity contribution in [2.45, 2.75) is 39.2 Å². The number of hydrogen-bond donors (Lipinski definition) is 1. The van der Waals surface area contributed by atoms with Gasteiger partial charge in [0.2, 0.25) is 0 Å². The summed E-state index contributed by atoms with van der Waals surface area (Å²) in [6.07, 6.45) is 1.63. The number of hydrogen-bond acceptors (Lipinski definition) is 4. The molecule has 2 aliphatic heterocycles. The van der Waals surface area contributed by atoms with E-state index in [0.717, 1.165) is 25.9 Å². The first kappa shape index (κ1) is 15.1. The number of ether oxygens (including phenoxy) is 1. The minimum atomic E-state index is -0.788. The van der Waals surface area contributed by atoms with Crippen molar-refractivity contribution in [1.29, 1.82) is 0 Å². The highest BCUT2D eigenvalue weighted by atomic mass is 16.6. The van der Waals surface area contributed by atoms with Crippen LogP contribution in [0, 0.1) is 5.41 Å². The summed E-state index contributed by atoms with van der Waals surface area (Å²) in [7, 11) is 0. The van der Waals surface area contributed by atoms with Crippen molar-refractivity contribution in [3.63, 3.8) is 0 Å². The third kappa shape index (κ3) is 3.62. The fourth-order valence-corrected chi connectivity index (χ4v) is 3.10. The van der Waals surface area contributed by atoms with Crippen molar-refractivity contribution in [2.75, 3.05) is 32.7 Å². The molecule has 6 nitrogen and oxygen atoms in total. The molecule has 2 rings (SSSR count). The average molecular weight is 284 g/mol. The smallest absolute Gasteiger partial charge is 0.410 e. The van der Waals surface area contributed by atoms with Crippen molar-refractivity contribution >= 4 is 12.1 Å². The number of aliphatic carboxylic acids is 1. The molecule has 1 amide bonds. The molecule has 0 aliphatic carbocycles. The van der Waals surface area contributed by atoms with Crippen molar-refractivity contribution in [3.05, 3.63) is 0 Å². The van der Waals surface area contributed by atoms with Crippen molar-refractivity contribution < 1.29 is 19.4 Å². The molecule has 1 spiro atoms. The van der Waals surface area contributed by atoms with E-state index in [1.807, 2.05) is 25.7 Å². The highest BCUT2D eigenvalue weighted by molar-refractivity contribution is 5.69. The zero-order valence-corrected chi connectivity index (χ0v) is 12.5. The van der Waals surface area contributed by atoms with E-state index in [2.05, 4.69) is 0 Å². The number of carboxylic acid groups (broad SMARTS) is 1. The maximum atomic E-state index is 12.1. The summed E-state index contributed by atoms with van der Waals surface area (Å²) in [5.74, 6) is -0.788. The largest absolute Gasteiger partial charge is 0.480 e. The van der Waals surface area contributed by atoms with Crippen LogP contribution in [0.4, 0.5) is 4.79 Å². The summed E-state index contributed by atoms with van der Waals surface area (Å²) in [6, 6.07) is 0. The summed E-state index contributed by atoms with van der Waals surface area (Å²) in [6.45, 7) is 8.62. The second-order valence-corrected chi connectivity index (χ2v) is 7.01. The molecular weight excluding hydrogens is 260 g/mol. The van der Waals surface area contributed by atoms with Crippen LogP contribution >= 0.6 is 0 Å². The SMILES string of the molecule is CC(C)(C)OC(=O)N1CCC2(CCN(CC(=O)O)C2)C1. The quantitative estimate of drug-likeness (QED) is 0.830. The first-order valence-corrected chi connectivity index (χ1v) is 7.11. The number of rotatable bonds is 2. The van der Waals surface area contributed by atoms with Gasteiger partial charge >= 0.3 is 12.1 Å². The number of amides is 1. The molecule has 1 unspecified atom stereocenters. The number of carbonyl (C=O) groups excluding carboxylic acids is 1. The molecule has 2 saturated heterocycles. The fourth-order valence-electron chi connectivity index (χ4n) is 3.10. The molecule has 0 aromatic carbocycles. The maximum Gasteiger partial charge on any atom is 0.410 e. The summed E-state index contributed by atoms with van der Waals surface area (Å²) < 4.78 is 5.40. The lowest BCUT2D eigenvalue weighted by molar-refractivity contribution is -0.138. The van der Waals surface area contributed by atoms with Crippen LogP contribution in [0.2, 0.25) is 0 Å². The summed E-state index contributed by atoms with van der Waals surface area (Å²) in [5, 5.41) is 8.85. The minimum Gasteiger partial charge on any atom is -0.480 e. The predicted octanol–water partition coefficient (Wildman–Crippen LogP) is 1.40. The molecule has 0 aromatic heterocycles. The van der Waals surface area contributed by atoms with Crippen molar-refractivity contribution in [2.24, 2.45) is 5.41 Å². The molecule has 0 bridgehead atoms. The van der Waals surface area contributed by atoms with Gasteiger partial charge < -0.3 is 14.7 Å². The second kappa shape index (κ2) is 5.24. The van der Waals surface area contributed by atoms with Crippen LogP contribution in [0.25, 0.3) is 0 Å². The van der Waals surface area contributed by atoms with Crippen LogP contribution in [0.3, 0.4) is 0 Å². The number of carboxylic acids is 1. The number of nitrogens with zero attached hydrogens (tertiary/aromatic N) is 2. The third-order valence-corrected chi connectivity index (χ3v) is 3.97. The standard InChI is InChI=1S/C14H24N2O4/c1-13(2,3)20-12(19)16-7-5-14(10-16)4-6-15(9-14)8-11(17)18/h4-10H2,1-3H3,(H,17,18). The fraction of sp³-hybridized carbons (Fsp3) is 0.857. The van der Waals surface area contributed by atoms with Crippen LogP contribution < -0.4 is 0 Å². The van der Waals surface area contributed by atoms with Gasteiger partial charge in [0, 0.05) is 25.0 Å². The van der Waals surface area contributed by atoms with E-state index in [9.17, 15) is 9.59 Å². The minimum absolute atomic E-state index is 0.0619. The molecule has 0 saturated carbocycles. The van der Waals surface area contributed by atoms with E-state index in [-0.39, 0.29) is 18.1 Å². The summed E-state index contributed by atoms with van der Waals surface area (Å²) in [5.41, 5.74) is -0.412. The van der Waals surface area contributed by atoms with Crippen molar-refractivity contribution in [3.8, 4) is 0 Å². The first-order valence-electron chi connectivity index (χ1n) is 7.11. The van der Waals surface area contributed by atoms with Gasteiger partial charge in [-0.1, -0.05) is 0 Å². The first-order chi connectivity index (χ1) is 9.19. The Morgan fingerprint density at radius 2 is 1.85 bits per heavy atom. The zero-order valence-electron chi connectivity index (χ0n) is 12.5. The molecule has 1 atom stereocenters. The molecule has 0 radical (unpaired) electrons. The Morgan fingerprint density at radius 1 is 1.20 bits per heavy atom. The van der Waals surface area contributed by atoms with Crippen molar-refractivity contribution in [1.82, 2.24) is 9.80 Å². The van der Waals surface area contributed by atoms with Gasteiger partial charge in [0.15, 0.2) is 0 Å². The van der Waals surface area contributed by atoms with Gasteiger partial charge in [-0.15, -0.1) is 0 Å². The lowest BCUT2D eigenvalue weighted by atomic mass is 9.86. The van der Waals surface area contributed by atoms with Gasteiger partial charge in [-0.2, -0.15) is 0 Å². The Labute approximate surface area is 119 Å². The normalized spacial score (nSPS) is 27.2. The Hall–Kier alpha value is -1.30. The van der Waals surface area contributed by atoms with Gasteiger partial charge in [0.1, 0.15) is 5.60 Å². The Morgan fingerprint density at radius 3 is 2.45 bits per heavy atom. The average Bonchev–Trinajstić information content (AvgIpc) is 2.84. The van der Waals surface area contributed by atoms with Gasteiger partial charge in [0.25, 0.3) is 0 Å². The Kier molecular flexibility index (Phi) is 3.95. The van der Waals surface area contributed by atoms with E-state index in [0.29, 0.717) is 13.1 Å². The van der Waals surface area contributed by atoms with Gasteiger partial charge in [-0.3, -0.25) is 9.69 Å². The summed E-state index contributed by atoms with van der Waals surface area (Å²) in [4.78, 5) is 26.5. The molecule has 2 heterocycles. The van der Waals surface area contributed by atoms with Crippen LogP contribution in [0.5, 0.6) is 0 Å². The van der Waals surface area contributed by atoms with E-state index in [1.54, 1.807) is 4.90 Å².